The monoisotopic (exact) mass is 290 g/mol. The maximum Gasteiger partial charge on any atom is 0.243 e. The van der Waals surface area contributed by atoms with Crippen LogP contribution in [0.5, 0.6) is 0 Å². The van der Waals surface area contributed by atoms with E-state index in [0.29, 0.717) is 19.0 Å². The summed E-state index contributed by atoms with van der Waals surface area (Å²) in [6.07, 6.45) is 5.41. The number of rotatable bonds is 8. The van der Waals surface area contributed by atoms with Gasteiger partial charge in [-0.3, -0.25) is 0 Å². The fraction of sp³-hybridized carbons (Fsp3) is 0.600. The van der Waals surface area contributed by atoms with Gasteiger partial charge >= 0.3 is 0 Å². The van der Waals surface area contributed by atoms with Crippen molar-refractivity contribution >= 4 is 27.7 Å². The molecule has 0 unspecified atom stereocenters. The molecule has 0 radical (unpaired) electrons. The van der Waals surface area contributed by atoms with E-state index in [-0.39, 0.29) is 4.90 Å². The molecule has 18 heavy (non-hydrogen) atoms. The van der Waals surface area contributed by atoms with Gasteiger partial charge in [-0.2, -0.15) is 11.8 Å². The summed E-state index contributed by atoms with van der Waals surface area (Å²) in [5, 5.41) is 2.91. The Bertz CT molecular complexity index is 447. The molecule has 2 N–H and O–H groups in total. The summed E-state index contributed by atoms with van der Waals surface area (Å²) in [6.45, 7) is 3.04. The van der Waals surface area contributed by atoms with Gasteiger partial charge in [-0.15, -0.1) is 0 Å². The van der Waals surface area contributed by atoms with E-state index in [4.69, 9.17) is 0 Å². The Labute approximate surface area is 112 Å². The first kappa shape index (κ1) is 15.2. The SMILES string of the molecule is CCNc1ncc(S(=O)(=O)NCCCSC)cn1. The first-order valence-corrected chi connectivity index (χ1v) is 8.52. The van der Waals surface area contributed by atoms with E-state index in [2.05, 4.69) is 20.0 Å². The lowest BCUT2D eigenvalue weighted by atomic mass is 10.5. The van der Waals surface area contributed by atoms with Gasteiger partial charge in [0.2, 0.25) is 16.0 Å². The molecular weight excluding hydrogens is 272 g/mol. The minimum atomic E-state index is -3.48. The van der Waals surface area contributed by atoms with E-state index in [1.54, 1.807) is 11.8 Å². The zero-order valence-corrected chi connectivity index (χ0v) is 12.1. The first-order valence-electron chi connectivity index (χ1n) is 5.64. The Morgan fingerprint density at radius 2 is 2.00 bits per heavy atom. The third kappa shape index (κ3) is 4.79. The van der Waals surface area contributed by atoms with E-state index in [0.717, 1.165) is 12.2 Å². The van der Waals surface area contributed by atoms with Crippen LogP contribution < -0.4 is 10.0 Å². The summed E-state index contributed by atoms with van der Waals surface area (Å²) < 4.78 is 26.2. The number of hydrogen-bond acceptors (Lipinski definition) is 6. The third-order valence-electron chi connectivity index (χ3n) is 2.09. The molecule has 0 bridgehead atoms. The average molecular weight is 290 g/mol. The molecule has 0 atom stereocenters. The van der Waals surface area contributed by atoms with E-state index in [1.165, 1.54) is 12.4 Å². The zero-order valence-electron chi connectivity index (χ0n) is 10.5. The van der Waals surface area contributed by atoms with Crippen LogP contribution in [0.1, 0.15) is 13.3 Å². The number of thioether (sulfide) groups is 1. The minimum absolute atomic E-state index is 0.0910. The Morgan fingerprint density at radius 1 is 1.33 bits per heavy atom. The van der Waals surface area contributed by atoms with Crippen molar-refractivity contribution in [3.63, 3.8) is 0 Å². The maximum atomic E-state index is 11.8. The highest BCUT2D eigenvalue weighted by atomic mass is 32.2. The van der Waals surface area contributed by atoms with Gasteiger partial charge in [0, 0.05) is 13.1 Å². The number of nitrogens with zero attached hydrogens (tertiary/aromatic N) is 2. The van der Waals surface area contributed by atoms with Crippen molar-refractivity contribution in [1.29, 1.82) is 0 Å². The number of nitrogens with one attached hydrogen (secondary N) is 2. The summed E-state index contributed by atoms with van der Waals surface area (Å²) >= 11 is 1.69. The molecule has 0 fully saturated rings. The molecule has 6 nitrogen and oxygen atoms in total. The Balaban J connectivity index is 2.61. The van der Waals surface area contributed by atoms with Crippen molar-refractivity contribution in [1.82, 2.24) is 14.7 Å². The average Bonchev–Trinajstić information content (AvgIpc) is 2.36. The first-order chi connectivity index (χ1) is 8.60. The van der Waals surface area contributed by atoms with Crippen LogP contribution in [0.3, 0.4) is 0 Å². The third-order valence-corrected chi connectivity index (χ3v) is 4.20. The van der Waals surface area contributed by atoms with E-state index < -0.39 is 10.0 Å². The number of anilines is 1. The van der Waals surface area contributed by atoms with Crippen LogP contribution >= 0.6 is 11.8 Å². The molecule has 0 saturated carbocycles. The molecule has 8 heteroatoms. The normalized spacial score (nSPS) is 11.4. The molecule has 102 valence electrons. The van der Waals surface area contributed by atoms with Gasteiger partial charge in [0.25, 0.3) is 0 Å². The van der Waals surface area contributed by atoms with Crippen LogP contribution in [0.25, 0.3) is 0 Å². The summed E-state index contributed by atoms with van der Waals surface area (Å²) in [6, 6.07) is 0. The quantitative estimate of drug-likeness (QED) is 0.693. The van der Waals surface area contributed by atoms with Crippen molar-refractivity contribution in [2.75, 3.05) is 30.4 Å². The zero-order chi connectivity index (χ0) is 13.4. The topological polar surface area (TPSA) is 84.0 Å². The second-order valence-corrected chi connectivity index (χ2v) is 6.27. The van der Waals surface area contributed by atoms with Gasteiger partial charge in [-0.1, -0.05) is 0 Å². The second-order valence-electron chi connectivity index (χ2n) is 3.52. The van der Waals surface area contributed by atoms with Gasteiger partial charge < -0.3 is 5.32 Å². The Hall–Kier alpha value is -0.860. The number of sulfonamides is 1. The molecule has 1 rings (SSSR count). The molecular formula is C10H18N4O2S2. The Morgan fingerprint density at radius 3 is 2.56 bits per heavy atom. The fourth-order valence-corrected chi connectivity index (χ4v) is 2.61. The highest BCUT2D eigenvalue weighted by Gasteiger charge is 2.14. The van der Waals surface area contributed by atoms with Gasteiger partial charge in [-0.05, 0) is 25.4 Å². The minimum Gasteiger partial charge on any atom is -0.355 e. The van der Waals surface area contributed by atoms with Crippen molar-refractivity contribution in [2.45, 2.75) is 18.2 Å². The molecule has 0 amide bonds. The van der Waals surface area contributed by atoms with Crippen molar-refractivity contribution in [2.24, 2.45) is 0 Å². The largest absolute Gasteiger partial charge is 0.355 e. The molecule has 1 aromatic rings. The van der Waals surface area contributed by atoms with Crippen LogP contribution in [-0.2, 0) is 10.0 Å². The summed E-state index contributed by atoms with van der Waals surface area (Å²) in [7, 11) is -3.48. The van der Waals surface area contributed by atoms with Gasteiger partial charge in [0.05, 0.1) is 12.4 Å². The van der Waals surface area contributed by atoms with Crippen LogP contribution in [0, 0.1) is 0 Å². The standard InChI is InChI=1S/C10H18N4O2S2/c1-3-11-10-12-7-9(8-13-10)18(15,16)14-5-4-6-17-2/h7-8,14H,3-6H2,1-2H3,(H,11,12,13). The van der Waals surface area contributed by atoms with Crippen molar-refractivity contribution in [3.05, 3.63) is 12.4 Å². The lowest BCUT2D eigenvalue weighted by molar-refractivity contribution is 0.580. The van der Waals surface area contributed by atoms with Gasteiger partial charge in [0.15, 0.2) is 0 Å². The smallest absolute Gasteiger partial charge is 0.243 e. The van der Waals surface area contributed by atoms with Crippen LogP contribution in [-0.4, -0.2) is 43.5 Å². The number of aromatic nitrogens is 2. The highest BCUT2D eigenvalue weighted by Crippen LogP contribution is 2.07. The Kier molecular flexibility index (Phi) is 6.37. The fourth-order valence-electron chi connectivity index (χ4n) is 1.21. The summed E-state index contributed by atoms with van der Waals surface area (Å²) in [5.74, 6) is 1.36. The van der Waals surface area contributed by atoms with E-state index in [1.807, 2.05) is 13.2 Å². The molecule has 0 aliphatic heterocycles. The molecule has 0 aliphatic carbocycles. The predicted molar refractivity (Wildman–Crippen MR) is 74.4 cm³/mol. The maximum absolute atomic E-state index is 11.8. The second kappa shape index (κ2) is 7.55. The summed E-state index contributed by atoms with van der Waals surface area (Å²) in [4.78, 5) is 7.96. The lowest BCUT2D eigenvalue weighted by Gasteiger charge is -2.06. The van der Waals surface area contributed by atoms with Crippen molar-refractivity contribution in [3.8, 4) is 0 Å². The van der Waals surface area contributed by atoms with Crippen LogP contribution in [0.4, 0.5) is 5.95 Å². The van der Waals surface area contributed by atoms with E-state index in [9.17, 15) is 8.42 Å². The highest BCUT2D eigenvalue weighted by molar-refractivity contribution is 7.98. The number of hydrogen-bond donors (Lipinski definition) is 2. The molecule has 0 spiro atoms. The molecule has 0 saturated heterocycles. The summed E-state index contributed by atoms with van der Waals surface area (Å²) in [5.41, 5.74) is 0. The van der Waals surface area contributed by atoms with Crippen molar-refractivity contribution < 1.29 is 8.42 Å². The molecule has 1 heterocycles. The molecule has 0 aliphatic rings. The van der Waals surface area contributed by atoms with Gasteiger partial charge in [-0.25, -0.2) is 23.1 Å². The van der Waals surface area contributed by atoms with Crippen LogP contribution in [0.2, 0.25) is 0 Å². The van der Waals surface area contributed by atoms with Crippen LogP contribution in [0.15, 0.2) is 17.3 Å². The lowest BCUT2D eigenvalue weighted by Crippen LogP contribution is -2.25. The molecule has 0 aromatic carbocycles. The predicted octanol–water partition coefficient (Wildman–Crippen LogP) is 0.940. The molecule has 1 aromatic heterocycles. The van der Waals surface area contributed by atoms with Gasteiger partial charge in [0.1, 0.15) is 4.90 Å². The van der Waals surface area contributed by atoms with E-state index >= 15 is 0 Å².